The molecule has 3 aromatic rings. The monoisotopic (exact) mass is 456 g/mol. The van der Waals surface area contributed by atoms with E-state index in [1.54, 1.807) is 19.3 Å². The van der Waals surface area contributed by atoms with Crippen LogP contribution >= 0.6 is 11.3 Å². The van der Waals surface area contributed by atoms with Gasteiger partial charge in [-0.15, -0.1) is 0 Å². The number of thiazole rings is 1. The summed E-state index contributed by atoms with van der Waals surface area (Å²) < 4.78 is 13.5. The number of amides is 1. The van der Waals surface area contributed by atoms with Crippen molar-refractivity contribution in [2.24, 2.45) is 0 Å². The van der Waals surface area contributed by atoms with E-state index in [0.717, 1.165) is 50.4 Å². The lowest BCUT2D eigenvalue weighted by Gasteiger charge is -2.38. The minimum absolute atomic E-state index is 0.151. The van der Waals surface area contributed by atoms with Gasteiger partial charge in [0.2, 0.25) is 0 Å². The normalized spacial score (nSPS) is 21.9. The number of carbonyl (C=O) groups is 1. The fraction of sp³-hybridized carbons (Fsp3) is 0.455. The fourth-order valence-electron chi connectivity index (χ4n) is 4.79. The topological polar surface area (TPSA) is 94.2 Å². The van der Waals surface area contributed by atoms with E-state index in [1.807, 2.05) is 0 Å². The Bertz CT molecular complexity index is 1200. The van der Waals surface area contributed by atoms with Gasteiger partial charge in [0.05, 0.1) is 17.1 Å². The maximum absolute atomic E-state index is 13.5. The standard InChI is InChI=1S/C22H25FN6O2S/c1-24-21(31)22-25-12-18(32-22)29-8-6-28(7-9-29)15-4-2-13(10-15)19-26-17-5-3-14(23)11-16(17)20(30)27-19/h3,5,11-13,15H,2,4,6-10H2,1H3,(H,24,31)(H,26,27,30)/t13-,15+/m1/s1. The molecular formula is C22H25FN6O2S. The quantitative estimate of drug-likeness (QED) is 0.626. The van der Waals surface area contributed by atoms with Crippen molar-refractivity contribution < 1.29 is 9.18 Å². The summed E-state index contributed by atoms with van der Waals surface area (Å²) in [6.45, 7) is 3.69. The molecule has 0 radical (unpaired) electrons. The lowest BCUT2D eigenvalue weighted by Crippen LogP contribution is -2.49. The molecule has 10 heteroatoms. The maximum atomic E-state index is 13.5. The first-order valence-corrected chi connectivity index (χ1v) is 11.7. The number of hydrogen-bond donors (Lipinski definition) is 2. The molecule has 8 nitrogen and oxygen atoms in total. The lowest BCUT2D eigenvalue weighted by atomic mass is 10.1. The number of halogens is 1. The number of hydrogen-bond acceptors (Lipinski definition) is 7. The van der Waals surface area contributed by atoms with E-state index in [-0.39, 0.29) is 17.4 Å². The van der Waals surface area contributed by atoms with Crippen LogP contribution in [0.15, 0.2) is 29.2 Å². The van der Waals surface area contributed by atoms with Crippen LogP contribution < -0.4 is 15.8 Å². The van der Waals surface area contributed by atoms with Crippen LogP contribution in [0.25, 0.3) is 10.9 Å². The van der Waals surface area contributed by atoms with Gasteiger partial charge >= 0.3 is 0 Å². The Morgan fingerprint density at radius 1 is 1.25 bits per heavy atom. The van der Waals surface area contributed by atoms with E-state index in [4.69, 9.17) is 0 Å². The zero-order valence-electron chi connectivity index (χ0n) is 17.8. The first-order chi connectivity index (χ1) is 15.5. The van der Waals surface area contributed by atoms with Gasteiger partial charge in [-0.05, 0) is 37.5 Å². The summed E-state index contributed by atoms with van der Waals surface area (Å²) in [6, 6.07) is 4.61. The van der Waals surface area contributed by atoms with Crippen molar-refractivity contribution in [2.75, 3.05) is 38.1 Å². The number of nitrogens with one attached hydrogen (secondary N) is 2. The van der Waals surface area contributed by atoms with Gasteiger partial charge in [0, 0.05) is 45.2 Å². The lowest BCUT2D eigenvalue weighted by molar-refractivity contribution is 0.0962. The summed E-state index contributed by atoms with van der Waals surface area (Å²) in [7, 11) is 1.61. The number of benzene rings is 1. The van der Waals surface area contributed by atoms with E-state index < -0.39 is 5.82 Å². The Labute approximate surface area is 188 Å². The van der Waals surface area contributed by atoms with Gasteiger partial charge in [-0.1, -0.05) is 11.3 Å². The van der Waals surface area contributed by atoms with Gasteiger partial charge in [0.15, 0.2) is 5.01 Å². The Morgan fingerprint density at radius 3 is 2.84 bits per heavy atom. The summed E-state index contributed by atoms with van der Waals surface area (Å²) in [4.78, 5) is 40.7. The molecule has 2 atom stereocenters. The molecule has 2 aromatic heterocycles. The van der Waals surface area contributed by atoms with Crippen LogP contribution in [-0.2, 0) is 0 Å². The average Bonchev–Trinajstić information content (AvgIpc) is 3.49. The van der Waals surface area contributed by atoms with Gasteiger partial charge in [0.25, 0.3) is 11.5 Å². The Hall–Kier alpha value is -2.85. The van der Waals surface area contributed by atoms with Gasteiger partial charge in [-0.2, -0.15) is 0 Å². The van der Waals surface area contributed by atoms with Crippen molar-refractivity contribution in [3.63, 3.8) is 0 Å². The van der Waals surface area contributed by atoms with Gasteiger partial charge < -0.3 is 15.2 Å². The molecule has 1 saturated carbocycles. The molecule has 0 unspecified atom stereocenters. The predicted molar refractivity (Wildman–Crippen MR) is 122 cm³/mol. The third-order valence-electron chi connectivity index (χ3n) is 6.53. The van der Waals surface area contributed by atoms with E-state index in [0.29, 0.717) is 27.8 Å². The first-order valence-electron chi connectivity index (χ1n) is 10.9. The van der Waals surface area contributed by atoms with Crippen molar-refractivity contribution >= 4 is 33.1 Å². The highest BCUT2D eigenvalue weighted by Gasteiger charge is 2.33. The number of aromatic amines is 1. The number of aromatic nitrogens is 3. The Balaban J connectivity index is 1.22. The molecule has 2 N–H and O–H groups in total. The number of H-pyrrole nitrogens is 1. The highest BCUT2D eigenvalue weighted by molar-refractivity contribution is 7.17. The zero-order valence-corrected chi connectivity index (χ0v) is 18.6. The summed E-state index contributed by atoms with van der Waals surface area (Å²) in [5.41, 5.74) is 0.269. The summed E-state index contributed by atoms with van der Waals surface area (Å²) >= 11 is 1.43. The van der Waals surface area contributed by atoms with E-state index in [1.165, 1.54) is 23.5 Å². The highest BCUT2D eigenvalue weighted by Crippen LogP contribution is 2.36. The predicted octanol–water partition coefficient (Wildman–Crippen LogP) is 2.34. The minimum atomic E-state index is -0.430. The van der Waals surface area contributed by atoms with Crippen LogP contribution in [0.1, 0.15) is 40.8 Å². The van der Waals surface area contributed by atoms with Crippen LogP contribution in [-0.4, -0.2) is 65.0 Å². The molecule has 1 aromatic carbocycles. The van der Waals surface area contributed by atoms with Gasteiger partial charge in [-0.25, -0.2) is 14.4 Å². The third kappa shape index (κ3) is 4.00. The Kier molecular flexibility index (Phi) is 5.64. The van der Waals surface area contributed by atoms with Crippen molar-refractivity contribution in [2.45, 2.75) is 31.2 Å². The molecule has 2 aliphatic rings. The van der Waals surface area contributed by atoms with Crippen molar-refractivity contribution in [3.05, 3.63) is 51.4 Å². The highest BCUT2D eigenvalue weighted by atomic mass is 32.1. The first kappa shape index (κ1) is 21.0. The van der Waals surface area contributed by atoms with Crippen LogP contribution in [0, 0.1) is 5.82 Å². The molecule has 5 rings (SSSR count). The number of fused-ring (bicyclic) bond motifs is 1. The zero-order chi connectivity index (χ0) is 22.2. The number of piperazine rings is 1. The summed E-state index contributed by atoms with van der Waals surface area (Å²) in [6.07, 6.45) is 4.78. The van der Waals surface area contributed by atoms with E-state index in [2.05, 4.69) is 30.1 Å². The molecule has 32 heavy (non-hydrogen) atoms. The molecule has 1 aliphatic carbocycles. The third-order valence-corrected chi connectivity index (χ3v) is 7.59. The Morgan fingerprint density at radius 2 is 2.06 bits per heavy atom. The minimum Gasteiger partial charge on any atom is -0.360 e. The van der Waals surface area contributed by atoms with Gasteiger partial charge in [0.1, 0.15) is 16.6 Å². The maximum Gasteiger partial charge on any atom is 0.280 e. The number of nitrogens with zero attached hydrogens (tertiary/aromatic N) is 4. The molecule has 2 fully saturated rings. The number of anilines is 1. The largest absolute Gasteiger partial charge is 0.360 e. The van der Waals surface area contributed by atoms with Crippen LogP contribution in [0.4, 0.5) is 9.39 Å². The van der Waals surface area contributed by atoms with Crippen molar-refractivity contribution in [1.82, 2.24) is 25.2 Å². The van der Waals surface area contributed by atoms with Crippen LogP contribution in [0.3, 0.4) is 0 Å². The molecular weight excluding hydrogens is 431 g/mol. The molecule has 3 heterocycles. The second kappa shape index (κ2) is 8.59. The van der Waals surface area contributed by atoms with E-state index >= 15 is 0 Å². The van der Waals surface area contributed by atoms with E-state index in [9.17, 15) is 14.0 Å². The smallest absolute Gasteiger partial charge is 0.280 e. The molecule has 0 bridgehead atoms. The number of carbonyl (C=O) groups excluding carboxylic acids is 1. The molecule has 168 valence electrons. The number of rotatable bonds is 4. The van der Waals surface area contributed by atoms with Crippen LogP contribution in [0.2, 0.25) is 0 Å². The average molecular weight is 457 g/mol. The molecule has 0 spiro atoms. The van der Waals surface area contributed by atoms with Crippen LogP contribution in [0.5, 0.6) is 0 Å². The molecule has 1 aliphatic heterocycles. The second-order valence-electron chi connectivity index (χ2n) is 8.38. The van der Waals surface area contributed by atoms with Gasteiger partial charge in [-0.3, -0.25) is 14.5 Å². The SMILES string of the molecule is CNC(=O)c1ncc(N2CCN([C@H]3CC[C@@H](c4nc5ccc(F)cc5c(=O)[nH]4)C3)CC2)s1. The van der Waals surface area contributed by atoms with Crippen molar-refractivity contribution in [1.29, 1.82) is 0 Å². The summed E-state index contributed by atoms with van der Waals surface area (Å²) in [5.74, 6) is 0.335. The summed E-state index contributed by atoms with van der Waals surface area (Å²) in [5, 5.41) is 4.43. The second-order valence-corrected chi connectivity index (χ2v) is 9.39. The van der Waals surface area contributed by atoms with Crippen molar-refractivity contribution in [3.8, 4) is 0 Å². The fourth-order valence-corrected chi connectivity index (χ4v) is 5.71. The molecule has 1 saturated heterocycles. The molecule has 1 amide bonds.